The molecule has 1 N–H and O–H groups in total. The Hall–Kier alpha value is 0.190. The minimum atomic E-state index is -0.958. The van der Waals surface area contributed by atoms with Crippen molar-refractivity contribution >= 4 is 11.8 Å². The third kappa shape index (κ3) is 5.19. The summed E-state index contributed by atoms with van der Waals surface area (Å²) in [4.78, 5) is 0. The van der Waals surface area contributed by atoms with Gasteiger partial charge in [-0.1, -0.05) is 0 Å². The van der Waals surface area contributed by atoms with Gasteiger partial charge in [-0.15, -0.1) is 0 Å². The van der Waals surface area contributed by atoms with Crippen LogP contribution in [0.3, 0.4) is 0 Å². The van der Waals surface area contributed by atoms with Crippen LogP contribution in [0.4, 0.5) is 0 Å². The van der Waals surface area contributed by atoms with Crippen LogP contribution >= 0.6 is 11.8 Å². The summed E-state index contributed by atoms with van der Waals surface area (Å²) in [6.07, 6.45) is 0.313. The molecular weight excluding hydrogens is 276 g/mol. The molecular formula is C15H30O4S. The first-order valence-electron chi connectivity index (χ1n) is 7.16. The topological polar surface area (TPSA) is 47.9 Å². The SMILES string of the molecule is CSC1C(C)OC(O)C(OC(C)(C)C)C1OC(C)(C)C. The van der Waals surface area contributed by atoms with E-state index in [-0.39, 0.29) is 28.7 Å². The average Bonchev–Trinajstić information content (AvgIpc) is 2.20. The fourth-order valence-electron chi connectivity index (χ4n) is 2.39. The van der Waals surface area contributed by atoms with Gasteiger partial charge in [0, 0.05) is 0 Å². The predicted molar refractivity (Wildman–Crippen MR) is 83.1 cm³/mol. The quantitative estimate of drug-likeness (QED) is 0.869. The Balaban J connectivity index is 3.00. The second kappa shape index (κ2) is 6.53. The van der Waals surface area contributed by atoms with Crippen molar-refractivity contribution in [3.8, 4) is 0 Å². The van der Waals surface area contributed by atoms with Gasteiger partial charge >= 0.3 is 0 Å². The standard InChI is InChI=1S/C15H30O4S/c1-9-12(20-8)10(18-14(2,3)4)11(13(16)17-9)19-15(5,6)7/h9-13,16H,1-8H3. The highest BCUT2D eigenvalue weighted by atomic mass is 32.2. The maximum Gasteiger partial charge on any atom is 0.184 e. The lowest BCUT2D eigenvalue weighted by Gasteiger charge is -2.47. The molecule has 1 saturated heterocycles. The van der Waals surface area contributed by atoms with Crippen LogP contribution < -0.4 is 0 Å². The molecule has 0 amide bonds. The smallest absolute Gasteiger partial charge is 0.184 e. The largest absolute Gasteiger partial charge is 0.368 e. The zero-order chi connectivity index (χ0) is 15.7. The molecule has 5 heteroatoms. The summed E-state index contributed by atoms with van der Waals surface area (Å²) in [5.74, 6) is 0. The third-order valence-corrected chi connectivity index (χ3v) is 4.19. The van der Waals surface area contributed by atoms with Crippen molar-refractivity contribution in [2.24, 2.45) is 0 Å². The van der Waals surface area contributed by atoms with Gasteiger partial charge in [0.05, 0.1) is 22.6 Å². The van der Waals surface area contributed by atoms with Crippen LogP contribution in [0.2, 0.25) is 0 Å². The normalized spacial score (nSPS) is 36.1. The van der Waals surface area contributed by atoms with Crippen LogP contribution in [-0.2, 0) is 14.2 Å². The van der Waals surface area contributed by atoms with Crippen LogP contribution in [0, 0.1) is 0 Å². The summed E-state index contributed by atoms with van der Waals surface area (Å²) >= 11 is 1.69. The van der Waals surface area contributed by atoms with E-state index < -0.39 is 12.4 Å². The highest BCUT2D eigenvalue weighted by Crippen LogP contribution is 2.35. The molecule has 1 aliphatic rings. The lowest BCUT2D eigenvalue weighted by Crippen LogP contribution is -2.60. The van der Waals surface area contributed by atoms with E-state index in [2.05, 4.69) is 0 Å². The van der Waals surface area contributed by atoms with Crippen LogP contribution in [0.5, 0.6) is 0 Å². The number of aliphatic hydroxyl groups is 1. The monoisotopic (exact) mass is 306 g/mol. The molecule has 1 fully saturated rings. The van der Waals surface area contributed by atoms with Crippen molar-refractivity contribution in [1.82, 2.24) is 0 Å². The van der Waals surface area contributed by atoms with Crippen molar-refractivity contribution in [3.05, 3.63) is 0 Å². The predicted octanol–water partition coefficient (Wildman–Crippen LogP) is 2.82. The van der Waals surface area contributed by atoms with Crippen molar-refractivity contribution in [2.45, 2.75) is 89.5 Å². The maximum atomic E-state index is 10.2. The molecule has 0 bridgehead atoms. The van der Waals surface area contributed by atoms with E-state index in [0.29, 0.717) is 0 Å². The molecule has 0 aromatic heterocycles. The van der Waals surface area contributed by atoms with E-state index in [4.69, 9.17) is 14.2 Å². The lowest BCUT2D eigenvalue weighted by atomic mass is 9.99. The molecule has 0 aromatic carbocycles. The molecule has 0 aliphatic carbocycles. The van der Waals surface area contributed by atoms with E-state index in [1.807, 2.05) is 54.7 Å². The second-order valence-electron chi connectivity index (χ2n) is 7.32. The Labute approximate surface area is 127 Å². The molecule has 0 radical (unpaired) electrons. The van der Waals surface area contributed by atoms with Gasteiger partial charge in [-0.05, 0) is 54.7 Å². The van der Waals surface area contributed by atoms with E-state index in [0.717, 1.165) is 0 Å². The number of thioether (sulfide) groups is 1. The van der Waals surface area contributed by atoms with Crippen molar-refractivity contribution in [1.29, 1.82) is 0 Å². The number of ether oxygens (including phenoxy) is 3. The van der Waals surface area contributed by atoms with E-state index in [1.54, 1.807) is 11.8 Å². The first-order valence-corrected chi connectivity index (χ1v) is 8.45. The van der Waals surface area contributed by atoms with Crippen molar-refractivity contribution in [2.75, 3.05) is 6.26 Å². The summed E-state index contributed by atoms with van der Waals surface area (Å²) in [5, 5.41) is 10.4. The van der Waals surface area contributed by atoms with Gasteiger partial charge in [0.25, 0.3) is 0 Å². The molecule has 20 heavy (non-hydrogen) atoms. The number of hydrogen-bond donors (Lipinski definition) is 1. The maximum absolute atomic E-state index is 10.2. The fourth-order valence-corrected chi connectivity index (χ4v) is 3.32. The number of rotatable bonds is 3. The molecule has 120 valence electrons. The first kappa shape index (κ1) is 18.2. The van der Waals surface area contributed by atoms with E-state index >= 15 is 0 Å². The minimum Gasteiger partial charge on any atom is -0.368 e. The average molecular weight is 306 g/mol. The van der Waals surface area contributed by atoms with Gasteiger partial charge in [0.1, 0.15) is 12.2 Å². The lowest BCUT2D eigenvalue weighted by molar-refractivity contribution is -0.290. The van der Waals surface area contributed by atoms with E-state index in [9.17, 15) is 5.11 Å². The highest BCUT2D eigenvalue weighted by Gasteiger charge is 2.47. The number of aliphatic hydroxyl groups excluding tert-OH is 1. The molecule has 4 nitrogen and oxygen atoms in total. The van der Waals surface area contributed by atoms with Gasteiger partial charge in [0.15, 0.2) is 6.29 Å². The van der Waals surface area contributed by atoms with Gasteiger partial charge in [-0.2, -0.15) is 11.8 Å². The molecule has 1 rings (SSSR count). The van der Waals surface area contributed by atoms with E-state index in [1.165, 1.54) is 0 Å². The van der Waals surface area contributed by atoms with Crippen LogP contribution in [0.25, 0.3) is 0 Å². The van der Waals surface area contributed by atoms with Gasteiger partial charge in [-0.25, -0.2) is 0 Å². The summed E-state index contributed by atoms with van der Waals surface area (Å²) < 4.78 is 17.8. The zero-order valence-electron chi connectivity index (χ0n) is 14.0. The van der Waals surface area contributed by atoms with Crippen LogP contribution in [-0.4, -0.2) is 52.4 Å². The molecule has 0 spiro atoms. The summed E-state index contributed by atoms with van der Waals surface area (Å²) in [7, 11) is 0. The first-order chi connectivity index (χ1) is 8.94. The Morgan fingerprint density at radius 1 is 0.950 bits per heavy atom. The molecule has 0 aromatic rings. The van der Waals surface area contributed by atoms with Gasteiger partial charge in [-0.3, -0.25) is 0 Å². The molecule has 1 heterocycles. The third-order valence-electron chi connectivity index (χ3n) is 3.00. The van der Waals surface area contributed by atoms with Crippen LogP contribution in [0.15, 0.2) is 0 Å². The Morgan fingerprint density at radius 2 is 1.40 bits per heavy atom. The minimum absolute atomic E-state index is 0.0767. The number of hydrogen-bond acceptors (Lipinski definition) is 5. The summed E-state index contributed by atoms with van der Waals surface area (Å²) in [6, 6.07) is 0. The van der Waals surface area contributed by atoms with Crippen molar-refractivity contribution < 1.29 is 19.3 Å². The Morgan fingerprint density at radius 3 is 1.80 bits per heavy atom. The summed E-state index contributed by atoms with van der Waals surface area (Å²) in [5.41, 5.74) is -0.660. The van der Waals surface area contributed by atoms with Crippen LogP contribution in [0.1, 0.15) is 48.5 Å². The highest BCUT2D eigenvalue weighted by molar-refractivity contribution is 7.99. The van der Waals surface area contributed by atoms with Gasteiger partial charge < -0.3 is 19.3 Å². The second-order valence-corrected chi connectivity index (χ2v) is 8.34. The Kier molecular flexibility index (Phi) is 5.95. The molecule has 5 unspecified atom stereocenters. The summed E-state index contributed by atoms with van der Waals surface area (Å²) in [6.45, 7) is 13.9. The fraction of sp³-hybridized carbons (Fsp3) is 1.00. The zero-order valence-corrected chi connectivity index (χ0v) is 14.8. The molecule has 1 aliphatic heterocycles. The van der Waals surface area contributed by atoms with Crippen molar-refractivity contribution in [3.63, 3.8) is 0 Å². The molecule has 5 atom stereocenters. The molecule has 0 saturated carbocycles. The Bertz CT molecular complexity index is 308. The van der Waals surface area contributed by atoms with Gasteiger partial charge in [0.2, 0.25) is 0 Å².